The molecule has 1 fully saturated rings. The first kappa shape index (κ1) is 14.5. The Hall–Kier alpha value is -0.870. The number of rotatable bonds is 5. The Morgan fingerprint density at radius 2 is 2.05 bits per heavy atom. The predicted molar refractivity (Wildman–Crippen MR) is 79.1 cm³/mol. The van der Waals surface area contributed by atoms with Crippen molar-refractivity contribution in [2.75, 3.05) is 6.61 Å². The monoisotopic (exact) mass is 325 g/mol. The standard InChI is InChI=1S/C15H20BrNO2/c1-3-19-15(18)10(2)17-14-8-12(9-14)11-4-6-13(16)7-5-11/h4-7,10,12,14,17H,3,8-9H2,1-2H3. The molecule has 0 radical (unpaired) electrons. The van der Waals surface area contributed by atoms with E-state index in [-0.39, 0.29) is 12.0 Å². The van der Waals surface area contributed by atoms with Gasteiger partial charge in [0.05, 0.1) is 6.61 Å². The summed E-state index contributed by atoms with van der Waals surface area (Å²) >= 11 is 3.45. The van der Waals surface area contributed by atoms with Gasteiger partial charge in [0.2, 0.25) is 0 Å². The van der Waals surface area contributed by atoms with Crippen molar-refractivity contribution in [3.8, 4) is 0 Å². The zero-order chi connectivity index (χ0) is 13.8. The smallest absolute Gasteiger partial charge is 0.322 e. The van der Waals surface area contributed by atoms with Crippen LogP contribution in [0.4, 0.5) is 0 Å². The molecule has 2 rings (SSSR count). The van der Waals surface area contributed by atoms with Crippen molar-refractivity contribution in [1.29, 1.82) is 0 Å². The van der Waals surface area contributed by atoms with Gasteiger partial charge in [-0.25, -0.2) is 0 Å². The van der Waals surface area contributed by atoms with Crippen LogP contribution in [-0.2, 0) is 9.53 Å². The van der Waals surface area contributed by atoms with Gasteiger partial charge in [-0.1, -0.05) is 28.1 Å². The molecule has 0 aromatic heterocycles. The van der Waals surface area contributed by atoms with Gasteiger partial charge in [-0.05, 0) is 50.3 Å². The molecule has 1 aromatic carbocycles. The van der Waals surface area contributed by atoms with Crippen LogP contribution in [0.25, 0.3) is 0 Å². The van der Waals surface area contributed by atoms with Crippen molar-refractivity contribution in [1.82, 2.24) is 5.32 Å². The number of nitrogens with one attached hydrogen (secondary N) is 1. The van der Waals surface area contributed by atoms with Crippen molar-refractivity contribution in [3.63, 3.8) is 0 Å². The predicted octanol–water partition coefficient (Wildman–Crippen LogP) is 3.24. The van der Waals surface area contributed by atoms with E-state index < -0.39 is 0 Å². The molecule has 1 aromatic rings. The third kappa shape index (κ3) is 3.80. The molecule has 0 amide bonds. The maximum Gasteiger partial charge on any atom is 0.322 e. The third-order valence-corrected chi connectivity index (χ3v) is 4.13. The highest BCUT2D eigenvalue weighted by Gasteiger charge is 2.32. The lowest BCUT2D eigenvalue weighted by atomic mass is 9.75. The Morgan fingerprint density at radius 3 is 2.63 bits per heavy atom. The van der Waals surface area contributed by atoms with E-state index in [1.807, 2.05) is 13.8 Å². The van der Waals surface area contributed by atoms with E-state index in [2.05, 4.69) is 45.5 Å². The zero-order valence-corrected chi connectivity index (χ0v) is 12.9. The molecular formula is C15H20BrNO2. The highest BCUT2D eigenvalue weighted by Crippen LogP contribution is 2.37. The van der Waals surface area contributed by atoms with Gasteiger partial charge < -0.3 is 10.1 Å². The maximum atomic E-state index is 11.5. The lowest BCUT2D eigenvalue weighted by molar-refractivity contribution is -0.145. The number of benzene rings is 1. The number of carbonyl (C=O) groups excluding carboxylic acids is 1. The fourth-order valence-electron chi connectivity index (χ4n) is 2.45. The molecule has 0 saturated heterocycles. The SMILES string of the molecule is CCOC(=O)C(C)NC1CC(c2ccc(Br)cc2)C1. The molecule has 0 bridgehead atoms. The second-order valence-electron chi connectivity index (χ2n) is 5.06. The first-order chi connectivity index (χ1) is 9.10. The molecule has 4 heteroatoms. The van der Waals surface area contributed by atoms with E-state index in [0.717, 1.165) is 17.3 Å². The van der Waals surface area contributed by atoms with Crippen molar-refractivity contribution in [2.45, 2.75) is 44.7 Å². The summed E-state index contributed by atoms with van der Waals surface area (Å²) in [6, 6.07) is 8.71. The Balaban J connectivity index is 1.77. The minimum absolute atomic E-state index is 0.158. The number of hydrogen-bond donors (Lipinski definition) is 1. The number of esters is 1. The van der Waals surface area contributed by atoms with Gasteiger partial charge in [0.25, 0.3) is 0 Å². The van der Waals surface area contributed by atoms with Crippen LogP contribution in [0.15, 0.2) is 28.7 Å². The molecule has 1 atom stereocenters. The topological polar surface area (TPSA) is 38.3 Å². The van der Waals surface area contributed by atoms with Crippen LogP contribution in [0.5, 0.6) is 0 Å². The van der Waals surface area contributed by atoms with E-state index in [1.54, 1.807) is 0 Å². The summed E-state index contributed by atoms with van der Waals surface area (Å²) in [6.45, 7) is 4.14. The van der Waals surface area contributed by atoms with Crippen LogP contribution >= 0.6 is 15.9 Å². The number of carbonyl (C=O) groups is 1. The van der Waals surface area contributed by atoms with E-state index >= 15 is 0 Å². The summed E-state index contributed by atoms with van der Waals surface area (Å²) in [6.07, 6.45) is 2.18. The van der Waals surface area contributed by atoms with Crippen LogP contribution in [0.3, 0.4) is 0 Å². The maximum absolute atomic E-state index is 11.5. The molecule has 3 nitrogen and oxygen atoms in total. The Kier molecular flexibility index (Phi) is 4.99. The van der Waals surface area contributed by atoms with E-state index in [9.17, 15) is 4.79 Å². The van der Waals surface area contributed by atoms with Crippen molar-refractivity contribution < 1.29 is 9.53 Å². The Morgan fingerprint density at radius 1 is 1.42 bits per heavy atom. The minimum Gasteiger partial charge on any atom is -0.465 e. The van der Waals surface area contributed by atoms with Gasteiger partial charge in [0, 0.05) is 10.5 Å². The van der Waals surface area contributed by atoms with Gasteiger partial charge >= 0.3 is 5.97 Å². The molecule has 104 valence electrons. The second kappa shape index (κ2) is 6.53. The average Bonchev–Trinajstić information content (AvgIpc) is 2.35. The highest BCUT2D eigenvalue weighted by molar-refractivity contribution is 9.10. The zero-order valence-electron chi connectivity index (χ0n) is 11.4. The first-order valence-electron chi connectivity index (χ1n) is 6.78. The summed E-state index contributed by atoms with van der Waals surface area (Å²) in [5, 5.41) is 3.33. The summed E-state index contributed by atoms with van der Waals surface area (Å²) in [4.78, 5) is 11.5. The Bertz CT molecular complexity index is 426. The fraction of sp³-hybridized carbons (Fsp3) is 0.533. The van der Waals surface area contributed by atoms with Gasteiger partial charge in [-0.2, -0.15) is 0 Å². The molecule has 19 heavy (non-hydrogen) atoms. The van der Waals surface area contributed by atoms with Crippen molar-refractivity contribution in [3.05, 3.63) is 34.3 Å². The minimum atomic E-state index is -0.212. The molecule has 1 unspecified atom stereocenters. The fourth-order valence-corrected chi connectivity index (χ4v) is 2.71. The molecule has 0 heterocycles. The molecule has 0 aliphatic heterocycles. The Labute approximate surface area is 122 Å². The van der Waals surface area contributed by atoms with Gasteiger partial charge in [0.1, 0.15) is 6.04 Å². The lowest BCUT2D eigenvalue weighted by Gasteiger charge is -2.37. The van der Waals surface area contributed by atoms with E-state index in [0.29, 0.717) is 18.6 Å². The van der Waals surface area contributed by atoms with Crippen LogP contribution in [0, 0.1) is 0 Å². The summed E-state index contributed by atoms with van der Waals surface area (Å²) in [5.41, 5.74) is 1.38. The third-order valence-electron chi connectivity index (χ3n) is 3.61. The normalized spacial score (nSPS) is 23.5. The first-order valence-corrected chi connectivity index (χ1v) is 7.57. The number of halogens is 1. The molecule has 0 spiro atoms. The number of ether oxygens (including phenoxy) is 1. The van der Waals surface area contributed by atoms with E-state index in [1.165, 1.54) is 5.56 Å². The molecule has 1 N–H and O–H groups in total. The van der Waals surface area contributed by atoms with Crippen LogP contribution in [-0.4, -0.2) is 24.7 Å². The summed E-state index contributed by atoms with van der Waals surface area (Å²) in [5.74, 6) is 0.453. The summed E-state index contributed by atoms with van der Waals surface area (Å²) < 4.78 is 6.10. The molecule has 1 aliphatic carbocycles. The van der Waals surface area contributed by atoms with Crippen LogP contribution in [0.2, 0.25) is 0 Å². The van der Waals surface area contributed by atoms with Gasteiger partial charge in [0.15, 0.2) is 0 Å². The molecular weight excluding hydrogens is 306 g/mol. The summed E-state index contributed by atoms with van der Waals surface area (Å²) in [7, 11) is 0. The molecule has 1 aliphatic rings. The highest BCUT2D eigenvalue weighted by atomic mass is 79.9. The van der Waals surface area contributed by atoms with Crippen molar-refractivity contribution in [2.24, 2.45) is 0 Å². The van der Waals surface area contributed by atoms with Crippen LogP contribution in [0.1, 0.15) is 38.2 Å². The van der Waals surface area contributed by atoms with Gasteiger partial charge in [-0.3, -0.25) is 4.79 Å². The van der Waals surface area contributed by atoms with Crippen molar-refractivity contribution >= 4 is 21.9 Å². The van der Waals surface area contributed by atoms with Crippen LogP contribution < -0.4 is 5.32 Å². The number of hydrogen-bond acceptors (Lipinski definition) is 3. The molecule has 1 saturated carbocycles. The lowest BCUT2D eigenvalue weighted by Crippen LogP contribution is -2.47. The van der Waals surface area contributed by atoms with E-state index in [4.69, 9.17) is 4.74 Å². The quantitative estimate of drug-likeness (QED) is 0.844. The second-order valence-corrected chi connectivity index (χ2v) is 5.97. The largest absolute Gasteiger partial charge is 0.465 e. The van der Waals surface area contributed by atoms with Gasteiger partial charge in [-0.15, -0.1) is 0 Å². The average molecular weight is 326 g/mol.